The van der Waals surface area contributed by atoms with Gasteiger partial charge in [0.15, 0.2) is 6.61 Å². The predicted molar refractivity (Wildman–Crippen MR) is 100 cm³/mol. The molecule has 1 heterocycles. The highest BCUT2D eigenvalue weighted by Gasteiger charge is 2.24. The molecule has 0 bridgehead atoms. The summed E-state index contributed by atoms with van der Waals surface area (Å²) < 4.78 is 5.11. The number of aryl methyl sites for hydroxylation is 1. The first-order valence-corrected chi connectivity index (χ1v) is 9.38. The molecule has 0 aliphatic heterocycles. The predicted octanol–water partition coefficient (Wildman–Crippen LogP) is 3.85. The molecule has 0 radical (unpaired) electrons. The Balaban J connectivity index is 1.65. The quantitative estimate of drug-likeness (QED) is 0.832. The van der Waals surface area contributed by atoms with Crippen molar-refractivity contribution in [3.05, 3.63) is 51.4 Å². The van der Waals surface area contributed by atoms with Crippen LogP contribution in [0, 0.1) is 24.2 Å². The molecular formula is C20H20N2O3S. The summed E-state index contributed by atoms with van der Waals surface area (Å²) in [7, 11) is 0. The molecule has 1 N–H and O–H groups in total. The molecule has 2 aromatic rings. The zero-order valence-electron chi connectivity index (χ0n) is 14.8. The zero-order chi connectivity index (χ0) is 18.7. The number of fused-ring (bicyclic) bond motifs is 1. The fourth-order valence-electron chi connectivity index (χ4n) is 3.13. The van der Waals surface area contributed by atoms with Crippen molar-refractivity contribution < 1.29 is 14.3 Å². The first-order valence-electron chi connectivity index (χ1n) is 8.56. The van der Waals surface area contributed by atoms with Gasteiger partial charge in [-0.1, -0.05) is 25.1 Å². The van der Waals surface area contributed by atoms with Crippen LogP contribution < -0.4 is 5.32 Å². The van der Waals surface area contributed by atoms with Crippen molar-refractivity contribution in [3.8, 4) is 6.07 Å². The number of nitriles is 1. The molecule has 1 aromatic carbocycles. The highest BCUT2D eigenvalue weighted by Crippen LogP contribution is 2.39. The SMILES string of the molecule is Cc1ccccc1C(=O)OCC(=O)Nc1sc2c(c1C#N)CC[C@@H](C)C2. The number of nitrogens with zero attached hydrogens (tertiary/aromatic N) is 1. The Hall–Kier alpha value is -2.65. The van der Waals surface area contributed by atoms with Gasteiger partial charge in [-0.2, -0.15) is 5.26 Å². The van der Waals surface area contributed by atoms with E-state index >= 15 is 0 Å². The van der Waals surface area contributed by atoms with Crippen molar-refractivity contribution in [2.24, 2.45) is 5.92 Å². The molecule has 1 atom stereocenters. The van der Waals surface area contributed by atoms with Gasteiger partial charge in [0.25, 0.3) is 5.91 Å². The van der Waals surface area contributed by atoms with Crippen LogP contribution in [0.1, 0.15) is 45.3 Å². The standard InChI is InChI=1S/C20H20N2O3S/c1-12-7-8-15-16(10-21)19(26-17(15)9-12)22-18(23)11-25-20(24)14-6-4-3-5-13(14)2/h3-6,12H,7-9,11H2,1-2H3,(H,22,23)/t12-/m1/s1. The van der Waals surface area contributed by atoms with Crippen LogP contribution in [-0.2, 0) is 22.4 Å². The molecule has 1 amide bonds. The fraction of sp³-hybridized carbons (Fsp3) is 0.350. The van der Waals surface area contributed by atoms with Gasteiger partial charge < -0.3 is 10.1 Å². The molecule has 0 saturated carbocycles. The summed E-state index contributed by atoms with van der Waals surface area (Å²) >= 11 is 1.46. The van der Waals surface area contributed by atoms with Crippen molar-refractivity contribution in [2.75, 3.05) is 11.9 Å². The van der Waals surface area contributed by atoms with Gasteiger partial charge in [-0.15, -0.1) is 11.3 Å². The van der Waals surface area contributed by atoms with Gasteiger partial charge in [0.1, 0.15) is 11.1 Å². The lowest BCUT2D eigenvalue weighted by Crippen LogP contribution is -2.21. The topological polar surface area (TPSA) is 79.2 Å². The number of carbonyl (C=O) groups excluding carboxylic acids is 2. The summed E-state index contributed by atoms with van der Waals surface area (Å²) in [6.07, 6.45) is 2.86. The van der Waals surface area contributed by atoms with Crippen molar-refractivity contribution in [3.63, 3.8) is 0 Å². The third-order valence-electron chi connectivity index (χ3n) is 4.58. The van der Waals surface area contributed by atoms with Crippen LogP contribution in [-0.4, -0.2) is 18.5 Å². The molecule has 3 rings (SSSR count). The molecule has 6 heteroatoms. The fourth-order valence-corrected chi connectivity index (χ4v) is 4.51. The molecule has 1 aromatic heterocycles. The number of hydrogen-bond acceptors (Lipinski definition) is 5. The van der Waals surface area contributed by atoms with Crippen molar-refractivity contribution in [2.45, 2.75) is 33.1 Å². The van der Waals surface area contributed by atoms with Gasteiger partial charge in [-0.25, -0.2) is 4.79 Å². The van der Waals surface area contributed by atoms with E-state index in [1.165, 1.54) is 16.2 Å². The summed E-state index contributed by atoms with van der Waals surface area (Å²) in [6.45, 7) is 3.63. The molecule has 0 unspecified atom stereocenters. The highest BCUT2D eigenvalue weighted by atomic mass is 32.1. The number of anilines is 1. The van der Waals surface area contributed by atoms with Gasteiger partial charge in [-0.05, 0) is 49.3 Å². The lowest BCUT2D eigenvalue weighted by Gasteiger charge is -2.17. The molecule has 0 spiro atoms. The summed E-state index contributed by atoms with van der Waals surface area (Å²) in [5, 5.41) is 12.8. The molecular weight excluding hydrogens is 348 g/mol. The van der Waals surface area contributed by atoms with Crippen LogP contribution >= 0.6 is 11.3 Å². The number of benzene rings is 1. The van der Waals surface area contributed by atoms with Crippen LogP contribution in [0.5, 0.6) is 0 Å². The molecule has 0 fully saturated rings. The van der Waals surface area contributed by atoms with E-state index in [-0.39, 0.29) is 6.61 Å². The summed E-state index contributed by atoms with van der Waals surface area (Å²) in [5.41, 5.74) is 2.85. The largest absolute Gasteiger partial charge is 0.452 e. The lowest BCUT2D eigenvalue weighted by atomic mass is 9.89. The minimum atomic E-state index is -0.530. The average Bonchev–Trinajstić information content (AvgIpc) is 2.95. The maximum atomic E-state index is 12.2. The summed E-state index contributed by atoms with van der Waals surface area (Å²) in [5.74, 6) is -0.376. The minimum absolute atomic E-state index is 0.378. The smallest absolute Gasteiger partial charge is 0.338 e. The number of ether oxygens (including phenoxy) is 1. The molecule has 5 nitrogen and oxygen atoms in total. The Morgan fingerprint density at radius 1 is 1.38 bits per heavy atom. The first kappa shape index (κ1) is 18.2. The Morgan fingerprint density at radius 3 is 2.88 bits per heavy atom. The van der Waals surface area contributed by atoms with Crippen molar-refractivity contribution in [1.82, 2.24) is 0 Å². The number of carbonyl (C=O) groups is 2. The molecule has 0 saturated heterocycles. The number of hydrogen-bond donors (Lipinski definition) is 1. The van der Waals surface area contributed by atoms with Crippen molar-refractivity contribution >= 4 is 28.2 Å². The van der Waals surface area contributed by atoms with E-state index in [9.17, 15) is 14.9 Å². The van der Waals surface area contributed by atoms with Gasteiger partial charge in [0.2, 0.25) is 0 Å². The average molecular weight is 368 g/mol. The third-order valence-corrected chi connectivity index (χ3v) is 5.75. The van der Waals surface area contributed by atoms with E-state index in [1.807, 2.05) is 19.1 Å². The minimum Gasteiger partial charge on any atom is -0.452 e. The normalized spacial score (nSPS) is 15.7. The zero-order valence-corrected chi connectivity index (χ0v) is 15.6. The van der Waals surface area contributed by atoms with Crippen LogP contribution in [0.25, 0.3) is 0 Å². The van der Waals surface area contributed by atoms with E-state index < -0.39 is 11.9 Å². The van der Waals surface area contributed by atoms with Gasteiger partial charge in [0.05, 0.1) is 11.1 Å². The third kappa shape index (κ3) is 3.78. The maximum Gasteiger partial charge on any atom is 0.338 e. The Bertz CT molecular complexity index is 895. The summed E-state index contributed by atoms with van der Waals surface area (Å²) in [4.78, 5) is 25.4. The van der Waals surface area contributed by atoms with Crippen LogP contribution in [0.15, 0.2) is 24.3 Å². The van der Waals surface area contributed by atoms with Gasteiger partial charge in [-0.3, -0.25) is 4.79 Å². The van der Waals surface area contributed by atoms with E-state index in [0.717, 1.165) is 30.4 Å². The van der Waals surface area contributed by atoms with Crippen LogP contribution in [0.3, 0.4) is 0 Å². The first-order chi connectivity index (χ1) is 12.5. The van der Waals surface area contributed by atoms with E-state index in [4.69, 9.17) is 4.74 Å². The second-order valence-corrected chi connectivity index (χ2v) is 7.71. The number of nitrogens with one attached hydrogen (secondary N) is 1. The number of esters is 1. The van der Waals surface area contributed by atoms with Crippen LogP contribution in [0.4, 0.5) is 5.00 Å². The Morgan fingerprint density at radius 2 is 2.15 bits per heavy atom. The number of thiophene rings is 1. The van der Waals surface area contributed by atoms with E-state index in [2.05, 4.69) is 18.3 Å². The monoisotopic (exact) mass is 368 g/mol. The molecule has 134 valence electrons. The number of amides is 1. The maximum absolute atomic E-state index is 12.2. The van der Waals surface area contributed by atoms with E-state index in [0.29, 0.717) is 22.0 Å². The second-order valence-electron chi connectivity index (χ2n) is 6.61. The van der Waals surface area contributed by atoms with E-state index in [1.54, 1.807) is 12.1 Å². The number of rotatable bonds is 4. The van der Waals surface area contributed by atoms with Crippen LogP contribution in [0.2, 0.25) is 0 Å². The lowest BCUT2D eigenvalue weighted by molar-refractivity contribution is -0.119. The molecule has 26 heavy (non-hydrogen) atoms. The Labute approximate surface area is 156 Å². The summed E-state index contributed by atoms with van der Waals surface area (Å²) in [6, 6.07) is 9.27. The highest BCUT2D eigenvalue weighted by molar-refractivity contribution is 7.16. The second kappa shape index (κ2) is 7.71. The van der Waals surface area contributed by atoms with Gasteiger partial charge in [0, 0.05) is 4.88 Å². The van der Waals surface area contributed by atoms with Gasteiger partial charge >= 0.3 is 5.97 Å². The molecule has 1 aliphatic carbocycles. The van der Waals surface area contributed by atoms with Crippen molar-refractivity contribution in [1.29, 1.82) is 5.26 Å². The Kier molecular flexibility index (Phi) is 5.38. The molecule has 1 aliphatic rings.